The van der Waals surface area contributed by atoms with Crippen LogP contribution < -0.4 is 0 Å². The van der Waals surface area contributed by atoms with Gasteiger partial charge in [-0.1, -0.05) is 42.6 Å². The van der Waals surface area contributed by atoms with Crippen molar-refractivity contribution in [2.24, 2.45) is 0 Å². The maximum atomic E-state index is 6.84. The molecule has 2 aromatic rings. The topological polar surface area (TPSA) is 17.8 Å². The predicted molar refractivity (Wildman–Crippen MR) is 88.4 cm³/mol. The van der Waals surface area contributed by atoms with Gasteiger partial charge in [-0.25, -0.2) is 4.98 Å². The van der Waals surface area contributed by atoms with Gasteiger partial charge in [0.25, 0.3) is 0 Å². The van der Waals surface area contributed by atoms with Gasteiger partial charge in [-0.15, -0.1) is 24.0 Å². The number of halogens is 4. The number of rotatable bonds is 5. The number of benzene rings is 1. The molecule has 0 saturated carbocycles. The molecular formula is C14H16Cl4N2. The van der Waals surface area contributed by atoms with Crippen LogP contribution >= 0.6 is 47.2 Å². The van der Waals surface area contributed by atoms with Crippen LogP contribution in [0.3, 0.4) is 0 Å². The molecule has 0 spiro atoms. The standard InChI is InChI=1S/C14H15Cl3N2.ClH/c1-2-5-14(17,9-19-7-6-18-10-19)12-4-3-11(15)8-13(12)16;/h3-4,6-8,10H,2,5,9H2,1H3;1H. The van der Waals surface area contributed by atoms with E-state index in [9.17, 15) is 0 Å². The SMILES string of the molecule is CCCC(Cl)(Cn1ccnc1)c1ccc(Cl)cc1Cl.Cl. The highest BCUT2D eigenvalue weighted by atomic mass is 35.5. The first kappa shape index (κ1) is 17.6. The van der Waals surface area contributed by atoms with Gasteiger partial charge < -0.3 is 4.57 Å². The van der Waals surface area contributed by atoms with Crippen LogP contribution in [0.25, 0.3) is 0 Å². The summed E-state index contributed by atoms with van der Waals surface area (Å²) in [5.74, 6) is 0. The summed E-state index contributed by atoms with van der Waals surface area (Å²) in [5, 5.41) is 1.22. The fourth-order valence-corrected chi connectivity index (χ4v) is 3.35. The van der Waals surface area contributed by atoms with Gasteiger partial charge in [-0.05, 0) is 24.1 Å². The van der Waals surface area contributed by atoms with Gasteiger partial charge in [-0.2, -0.15) is 0 Å². The highest BCUT2D eigenvalue weighted by Crippen LogP contribution is 2.40. The molecule has 0 N–H and O–H groups in total. The first-order valence-corrected chi connectivity index (χ1v) is 7.29. The molecule has 1 unspecified atom stereocenters. The van der Waals surface area contributed by atoms with Crippen LogP contribution in [0, 0.1) is 0 Å². The van der Waals surface area contributed by atoms with Crippen LogP contribution in [0.15, 0.2) is 36.9 Å². The van der Waals surface area contributed by atoms with E-state index >= 15 is 0 Å². The van der Waals surface area contributed by atoms with E-state index in [1.807, 2.05) is 22.9 Å². The Balaban J connectivity index is 0.00000200. The molecule has 1 aromatic heterocycles. The van der Waals surface area contributed by atoms with E-state index in [-0.39, 0.29) is 12.4 Å². The molecule has 110 valence electrons. The van der Waals surface area contributed by atoms with Crippen LogP contribution in [-0.4, -0.2) is 9.55 Å². The number of hydrogen-bond donors (Lipinski definition) is 0. The molecule has 0 bridgehead atoms. The van der Waals surface area contributed by atoms with E-state index in [1.165, 1.54) is 0 Å². The maximum absolute atomic E-state index is 6.84. The van der Waals surface area contributed by atoms with Crippen molar-refractivity contribution < 1.29 is 0 Å². The number of hydrogen-bond acceptors (Lipinski definition) is 1. The molecule has 6 heteroatoms. The van der Waals surface area contributed by atoms with E-state index in [4.69, 9.17) is 34.8 Å². The summed E-state index contributed by atoms with van der Waals surface area (Å²) in [5.41, 5.74) is 0.913. The number of imidazole rings is 1. The summed E-state index contributed by atoms with van der Waals surface area (Å²) in [7, 11) is 0. The second kappa shape index (κ2) is 7.56. The average Bonchev–Trinajstić information content (AvgIpc) is 2.81. The third kappa shape index (κ3) is 4.05. The van der Waals surface area contributed by atoms with Crippen molar-refractivity contribution in [2.75, 3.05) is 0 Å². The summed E-state index contributed by atoms with van der Waals surface area (Å²) >= 11 is 19.1. The van der Waals surface area contributed by atoms with Gasteiger partial charge >= 0.3 is 0 Å². The van der Waals surface area contributed by atoms with Crippen molar-refractivity contribution in [1.29, 1.82) is 0 Å². The van der Waals surface area contributed by atoms with Crippen molar-refractivity contribution in [3.8, 4) is 0 Å². The third-order valence-electron chi connectivity index (χ3n) is 3.05. The Bertz CT molecular complexity index is 542. The molecule has 2 nitrogen and oxygen atoms in total. The Morgan fingerprint density at radius 2 is 2.05 bits per heavy atom. The van der Waals surface area contributed by atoms with Gasteiger partial charge in [0, 0.05) is 29.0 Å². The summed E-state index contributed by atoms with van der Waals surface area (Å²) < 4.78 is 1.97. The van der Waals surface area contributed by atoms with Crippen molar-refractivity contribution in [1.82, 2.24) is 9.55 Å². The van der Waals surface area contributed by atoms with Crippen LogP contribution in [0.1, 0.15) is 25.3 Å². The van der Waals surface area contributed by atoms with Crippen LogP contribution in [0.2, 0.25) is 10.0 Å². The molecule has 0 fully saturated rings. The second-order valence-electron chi connectivity index (χ2n) is 4.57. The zero-order valence-corrected chi connectivity index (χ0v) is 14.1. The van der Waals surface area contributed by atoms with Crippen molar-refractivity contribution >= 4 is 47.2 Å². The molecule has 1 heterocycles. The molecule has 1 aromatic carbocycles. The lowest BCUT2D eigenvalue weighted by Gasteiger charge is -2.28. The van der Waals surface area contributed by atoms with Crippen molar-refractivity contribution in [3.05, 3.63) is 52.5 Å². The molecule has 0 aliphatic rings. The quantitative estimate of drug-likeness (QED) is 0.644. The minimum atomic E-state index is -0.545. The van der Waals surface area contributed by atoms with E-state index in [2.05, 4.69) is 11.9 Å². The summed E-state index contributed by atoms with van der Waals surface area (Å²) in [6.07, 6.45) is 7.20. The minimum Gasteiger partial charge on any atom is -0.335 e. The lowest BCUT2D eigenvalue weighted by Crippen LogP contribution is -2.25. The van der Waals surface area contributed by atoms with E-state index in [0.29, 0.717) is 16.6 Å². The average molecular weight is 354 g/mol. The van der Waals surface area contributed by atoms with Gasteiger partial charge in [0.05, 0.1) is 11.2 Å². The molecular weight excluding hydrogens is 338 g/mol. The fourth-order valence-electron chi connectivity index (χ4n) is 2.22. The van der Waals surface area contributed by atoms with Crippen molar-refractivity contribution in [3.63, 3.8) is 0 Å². The van der Waals surface area contributed by atoms with E-state index in [0.717, 1.165) is 18.4 Å². The molecule has 0 aliphatic carbocycles. The molecule has 2 rings (SSSR count). The highest BCUT2D eigenvalue weighted by molar-refractivity contribution is 6.36. The lowest BCUT2D eigenvalue weighted by atomic mass is 9.93. The van der Waals surface area contributed by atoms with Gasteiger partial charge in [-0.3, -0.25) is 0 Å². The van der Waals surface area contributed by atoms with Gasteiger partial charge in [0.2, 0.25) is 0 Å². The molecule has 20 heavy (non-hydrogen) atoms. The first-order valence-electron chi connectivity index (χ1n) is 6.15. The minimum absolute atomic E-state index is 0. The highest BCUT2D eigenvalue weighted by Gasteiger charge is 2.31. The number of alkyl halides is 1. The zero-order chi connectivity index (χ0) is 13.9. The number of nitrogens with zero attached hydrogens (tertiary/aromatic N) is 2. The molecule has 0 radical (unpaired) electrons. The maximum Gasteiger partial charge on any atom is 0.0946 e. The largest absolute Gasteiger partial charge is 0.335 e. The molecule has 0 saturated heterocycles. The summed E-state index contributed by atoms with van der Waals surface area (Å²) in [4.78, 5) is 3.50. The smallest absolute Gasteiger partial charge is 0.0946 e. The fraction of sp³-hybridized carbons (Fsp3) is 0.357. The van der Waals surface area contributed by atoms with Gasteiger partial charge in [0.1, 0.15) is 0 Å². The Kier molecular flexibility index (Phi) is 6.67. The van der Waals surface area contributed by atoms with E-state index in [1.54, 1.807) is 18.6 Å². The third-order valence-corrected chi connectivity index (χ3v) is 4.11. The van der Waals surface area contributed by atoms with E-state index < -0.39 is 4.87 Å². The Morgan fingerprint density at radius 1 is 1.30 bits per heavy atom. The Labute approximate surface area is 140 Å². The van der Waals surface area contributed by atoms with Crippen LogP contribution in [-0.2, 0) is 11.4 Å². The first-order chi connectivity index (χ1) is 9.05. The van der Waals surface area contributed by atoms with Gasteiger partial charge in [0.15, 0.2) is 0 Å². The summed E-state index contributed by atoms with van der Waals surface area (Å²) in [6, 6.07) is 5.47. The molecule has 0 amide bonds. The second-order valence-corrected chi connectivity index (χ2v) is 6.14. The Morgan fingerprint density at radius 3 is 2.60 bits per heavy atom. The number of aromatic nitrogens is 2. The van der Waals surface area contributed by atoms with Crippen LogP contribution in [0.4, 0.5) is 0 Å². The molecule has 1 atom stereocenters. The predicted octanol–water partition coefficient (Wildman–Crippen LogP) is 5.55. The lowest BCUT2D eigenvalue weighted by molar-refractivity contribution is 0.462. The normalized spacial score (nSPS) is 13.6. The summed E-state index contributed by atoms with van der Waals surface area (Å²) in [6.45, 7) is 2.73. The monoisotopic (exact) mass is 352 g/mol. The van der Waals surface area contributed by atoms with Crippen molar-refractivity contribution in [2.45, 2.75) is 31.2 Å². The van der Waals surface area contributed by atoms with Crippen LogP contribution in [0.5, 0.6) is 0 Å². The zero-order valence-electron chi connectivity index (χ0n) is 11.0. The molecule has 0 aliphatic heterocycles. The Hall–Kier alpha value is -0.410.